The maximum absolute atomic E-state index is 13.7. The molecule has 10 heteroatoms. The Morgan fingerprint density at radius 3 is 2.49 bits per heavy atom. The molecule has 0 radical (unpaired) electrons. The van der Waals surface area contributed by atoms with E-state index in [1.165, 1.54) is 31.4 Å². The molecule has 10 nitrogen and oxygen atoms in total. The van der Waals surface area contributed by atoms with Gasteiger partial charge in [-0.15, -0.1) is 0 Å². The van der Waals surface area contributed by atoms with E-state index in [-0.39, 0.29) is 11.3 Å². The molecular formula is C25H18N4O6. The molecular weight excluding hydrogens is 452 g/mol. The minimum atomic E-state index is -1.07. The third-order valence-electron chi connectivity index (χ3n) is 6.62. The molecule has 2 aromatic carbocycles. The maximum Gasteiger partial charge on any atom is 0.270 e. The van der Waals surface area contributed by atoms with Crippen molar-refractivity contribution in [2.24, 2.45) is 11.8 Å². The molecule has 0 bridgehead atoms. The summed E-state index contributed by atoms with van der Waals surface area (Å²) in [5.41, 5.74) is 0.474. The molecule has 2 saturated heterocycles. The van der Waals surface area contributed by atoms with E-state index in [9.17, 15) is 29.8 Å². The summed E-state index contributed by atoms with van der Waals surface area (Å²) in [5, 5.41) is 20.6. The lowest BCUT2D eigenvalue weighted by Crippen LogP contribution is -2.46. The number of carbonyl (C=O) groups is 3. The van der Waals surface area contributed by atoms with Crippen LogP contribution in [0, 0.1) is 33.3 Å². The van der Waals surface area contributed by atoms with Crippen LogP contribution in [-0.4, -0.2) is 46.6 Å². The Kier molecular flexibility index (Phi) is 5.17. The lowest BCUT2D eigenvalue weighted by atomic mass is 9.86. The zero-order valence-electron chi connectivity index (χ0n) is 18.4. The summed E-state index contributed by atoms with van der Waals surface area (Å²) >= 11 is 0. The molecule has 35 heavy (non-hydrogen) atoms. The molecule has 3 aliphatic rings. The van der Waals surface area contributed by atoms with Gasteiger partial charge < -0.3 is 9.64 Å². The maximum atomic E-state index is 13.7. The number of methoxy groups -OCH3 is 1. The van der Waals surface area contributed by atoms with Crippen LogP contribution in [0.4, 0.5) is 11.4 Å². The van der Waals surface area contributed by atoms with E-state index in [4.69, 9.17) is 4.74 Å². The Morgan fingerprint density at radius 2 is 1.83 bits per heavy atom. The number of hydrogen-bond donors (Lipinski definition) is 0. The molecule has 4 atom stereocenters. The fourth-order valence-electron chi connectivity index (χ4n) is 5.05. The third kappa shape index (κ3) is 3.36. The van der Waals surface area contributed by atoms with Crippen LogP contribution in [0.5, 0.6) is 5.75 Å². The molecule has 3 aliphatic heterocycles. The van der Waals surface area contributed by atoms with Crippen molar-refractivity contribution in [1.29, 1.82) is 5.26 Å². The number of non-ortho nitro benzene ring substituents is 1. The highest BCUT2D eigenvalue weighted by Gasteiger charge is 2.63. The van der Waals surface area contributed by atoms with Crippen LogP contribution < -0.4 is 9.64 Å². The molecule has 3 heterocycles. The number of fused-ring (bicyclic) bond motifs is 3. The zero-order valence-corrected chi connectivity index (χ0v) is 18.4. The number of rotatable bonds is 5. The van der Waals surface area contributed by atoms with Crippen LogP contribution >= 0.6 is 0 Å². The summed E-state index contributed by atoms with van der Waals surface area (Å²) in [6, 6.07) is 12.0. The molecule has 0 N–H and O–H groups in total. The van der Waals surface area contributed by atoms with Gasteiger partial charge >= 0.3 is 0 Å². The predicted molar refractivity (Wildman–Crippen MR) is 122 cm³/mol. The molecule has 2 amide bonds. The number of imide groups is 1. The highest BCUT2D eigenvalue weighted by atomic mass is 16.6. The van der Waals surface area contributed by atoms with E-state index in [1.807, 2.05) is 6.07 Å². The summed E-state index contributed by atoms with van der Waals surface area (Å²) < 4.78 is 5.15. The van der Waals surface area contributed by atoms with E-state index in [0.717, 1.165) is 11.0 Å². The predicted octanol–water partition coefficient (Wildman–Crippen LogP) is 2.62. The van der Waals surface area contributed by atoms with Crippen LogP contribution in [0.2, 0.25) is 0 Å². The number of nitrogens with zero attached hydrogens (tertiary/aromatic N) is 4. The lowest BCUT2D eigenvalue weighted by Gasteiger charge is -2.32. The minimum Gasteiger partial charge on any atom is -0.497 e. The van der Waals surface area contributed by atoms with Crippen molar-refractivity contribution in [2.45, 2.75) is 12.1 Å². The highest BCUT2D eigenvalue weighted by Crippen LogP contribution is 2.47. The summed E-state index contributed by atoms with van der Waals surface area (Å²) in [4.78, 5) is 54.2. The van der Waals surface area contributed by atoms with Crippen molar-refractivity contribution in [3.8, 4) is 11.8 Å². The first-order valence-corrected chi connectivity index (χ1v) is 10.7. The van der Waals surface area contributed by atoms with Crippen molar-refractivity contribution in [1.82, 2.24) is 4.90 Å². The van der Waals surface area contributed by atoms with E-state index < -0.39 is 46.4 Å². The number of allylic oxidation sites excluding steroid dienone is 2. The van der Waals surface area contributed by atoms with Gasteiger partial charge in [0.1, 0.15) is 11.8 Å². The second kappa shape index (κ2) is 8.22. The Bertz CT molecular complexity index is 1370. The normalized spacial score (nSPS) is 24.5. The number of carbonyl (C=O) groups excluding carboxylic acids is 3. The Labute approximate surface area is 199 Å². The van der Waals surface area contributed by atoms with Crippen molar-refractivity contribution >= 4 is 29.0 Å². The quantitative estimate of drug-likeness (QED) is 0.282. The summed E-state index contributed by atoms with van der Waals surface area (Å²) in [5.74, 6) is -2.90. The number of ketones is 1. The van der Waals surface area contributed by atoms with Gasteiger partial charge in [0.05, 0.1) is 47.2 Å². The van der Waals surface area contributed by atoms with E-state index in [0.29, 0.717) is 17.0 Å². The monoisotopic (exact) mass is 470 g/mol. The lowest BCUT2D eigenvalue weighted by molar-refractivity contribution is -0.384. The number of benzene rings is 2. The Hall–Kier alpha value is -4.78. The summed E-state index contributed by atoms with van der Waals surface area (Å²) in [6.45, 7) is 0. The number of amides is 2. The molecule has 0 aliphatic carbocycles. The molecule has 4 unspecified atom stereocenters. The minimum absolute atomic E-state index is 0.0650. The van der Waals surface area contributed by atoms with Crippen molar-refractivity contribution in [2.75, 3.05) is 12.0 Å². The SMILES string of the molecule is COc1ccc(N2C(=O)C3C(C2=O)C(C(=O)c2cccc([N+](=O)[O-])c2)N2C=CC(C#N)=CC32)cc1. The number of nitriles is 1. The topological polar surface area (TPSA) is 134 Å². The average molecular weight is 470 g/mol. The van der Waals surface area contributed by atoms with Gasteiger partial charge in [0.15, 0.2) is 5.78 Å². The first kappa shape index (κ1) is 22.0. The smallest absolute Gasteiger partial charge is 0.270 e. The van der Waals surface area contributed by atoms with Crippen LogP contribution in [-0.2, 0) is 9.59 Å². The van der Waals surface area contributed by atoms with Crippen molar-refractivity contribution in [3.63, 3.8) is 0 Å². The number of nitro groups is 1. The van der Waals surface area contributed by atoms with E-state index in [1.54, 1.807) is 41.4 Å². The van der Waals surface area contributed by atoms with Gasteiger partial charge in [-0.05, 0) is 36.4 Å². The summed E-state index contributed by atoms with van der Waals surface area (Å²) in [6.07, 6.45) is 4.64. The largest absolute Gasteiger partial charge is 0.497 e. The fourth-order valence-corrected chi connectivity index (χ4v) is 5.05. The molecule has 2 aromatic rings. The number of hydrogen-bond acceptors (Lipinski definition) is 8. The number of ether oxygens (including phenoxy) is 1. The van der Waals surface area contributed by atoms with Crippen molar-refractivity contribution in [3.05, 3.63) is 88.1 Å². The van der Waals surface area contributed by atoms with E-state index >= 15 is 0 Å². The van der Waals surface area contributed by atoms with Gasteiger partial charge in [0.25, 0.3) is 5.69 Å². The second-order valence-corrected chi connectivity index (χ2v) is 8.37. The average Bonchev–Trinajstić information content (AvgIpc) is 3.35. The highest BCUT2D eigenvalue weighted by molar-refractivity contribution is 6.24. The molecule has 0 saturated carbocycles. The number of anilines is 1. The van der Waals surface area contributed by atoms with E-state index in [2.05, 4.69) is 0 Å². The molecule has 2 fully saturated rings. The van der Waals surface area contributed by atoms with Crippen LogP contribution in [0.3, 0.4) is 0 Å². The first-order valence-electron chi connectivity index (χ1n) is 10.7. The molecule has 5 rings (SSSR count). The van der Waals surface area contributed by atoms with Crippen LogP contribution in [0.1, 0.15) is 10.4 Å². The molecule has 174 valence electrons. The molecule has 0 aromatic heterocycles. The van der Waals surface area contributed by atoms with Gasteiger partial charge in [-0.1, -0.05) is 12.1 Å². The van der Waals surface area contributed by atoms with Gasteiger partial charge in [-0.3, -0.25) is 24.5 Å². The number of Topliss-reactive ketones (excluding diaryl/α,β-unsaturated/α-hetero) is 1. The van der Waals surface area contributed by atoms with Crippen LogP contribution in [0.25, 0.3) is 0 Å². The van der Waals surface area contributed by atoms with Gasteiger partial charge in [-0.2, -0.15) is 5.26 Å². The summed E-state index contributed by atoms with van der Waals surface area (Å²) in [7, 11) is 1.50. The third-order valence-corrected chi connectivity index (χ3v) is 6.62. The fraction of sp³-hybridized carbons (Fsp3) is 0.200. The molecule has 0 spiro atoms. The van der Waals surface area contributed by atoms with Crippen LogP contribution in [0.15, 0.2) is 72.5 Å². The van der Waals surface area contributed by atoms with Gasteiger partial charge in [-0.25, -0.2) is 4.90 Å². The van der Waals surface area contributed by atoms with Gasteiger partial charge in [0.2, 0.25) is 11.8 Å². The first-order chi connectivity index (χ1) is 16.8. The zero-order chi connectivity index (χ0) is 24.9. The standard InChI is InChI=1S/C25H18N4O6/c1-35-18-7-5-16(6-8-18)28-24(31)20-19-11-14(13-26)9-10-27(19)22(21(20)25(28)32)23(30)15-3-2-4-17(12-15)29(33)34/h2-12,19-22H,1H3. The Morgan fingerprint density at radius 1 is 1.11 bits per heavy atom. The Balaban J connectivity index is 1.59. The van der Waals surface area contributed by atoms with Crippen molar-refractivity contribution < 1.29 is 24.0 Å². The number of nitro benzene ring substituents is 1. The second-order valence-electron chi connectivity index (χ2n) is 8.37. The van der Waals surface area contributed by atoms with Gasteiger partial charge in [0, 0.05) is 23.9 Å².